The van der Waals surface area contributed by atoms with E-state index in [4.69, 9.17) is 11.6 Å². The Balaban J connectivity index is 1.13. The molecule has 0 bridgehead atoms. The molecule has 0 radical (unpaired) electrons. The summed E-state index contributed by atoms with van der Waals surface area (Å²) < 4.78 is 30.2. The molecule has 4 aromatic heterocycles. The zero-order valence-corrected chi connectivity index (χ0v) is 20.3. The summed E-state index contributed by atoms with van der Waals surface area (Å²) in [5.74, 6) is 5.75. The van der Waals surface area contributed by atoms with Gasteiger partial charge in [0.15, 0.2) is 0 Å². The van der Waals surface area contributed by atoms with Crippen LogP contribution >= 0.6 is 11.8 Å². The Labute approximate surface area is 211 Å². The maximum Gasteiger partial charge on any atom is 0.272 e. The topological polar surface area (TPSA) is 93.6 Å². The van der Waals surface area contributed by atoms with Crippen LogP contribution in [0.2, 0.25) is 0 Å². The summed E-state index contributed by atoms with van der Waals surface area (Å²) in [6.07, 6.45) is 13.3. The Bertz CT molecular complexity index is 1430. The van der Waals surface area contributed by atoms with Gasteiger partial charge >= 0.3 is 0 Å². The molecule has 6 heterocycles. The van der Waals surface area contributed by atoms with Gasteiger partial charge in [0, 0.05) is 60.8 Å². The molecule has 0 saturated carbocycles. The summed E-state index contributed by atoms with van der Waals surface area (Å²) in [7, 11) is 0. The van der Waals surface area contributed by atoms with Gasteiger partial charge in [0.25, 0.3) is 5.92 Å². The van der Waals surface area contributed by atoms with E-state index in [1.54, 1.807) is 17.3 Å². The quantitative estimate of drug-likeness (QED) is 0.292. The highest BCUT2D eigenvalue weighted by Crippen LogP contribution is 2.31. The molecule has 0 spiro atoms. The number of pyridine rings is 2. The lowest BCUT2D eigenvalue weighted by molar-refractivity contribution is -0.133. The van der Waals surface area contributed by atoms with Crippen LogP contribution in [0.5, 0.6) is 0 Å². The first kappa shape index (κ1) is 23.0. The van der Waals surface area contributed by atoms with Gasteiger partial charge in [-0.15, -0.1) is 0 Å². The van der Waals surface area contributed by atoms with Crippen LogP contribution in [-0.4, -0.2) is 47.9 Å². The van der Waals surface area contributed by atoms with Crippen molar-refractivity contribution in [1.82, 2.24) is 28.8 Å². The Morgan fingerprint density at radius 2 is 1.89 bits per heavy atom. The molecule has 0 aromatic carbocycles. The molecule has 186 valence electrons. The van der Waals surface area contributed by atoms with Crippen molar-refractivity contribution >= 4 is 23.1 Å². The van der Waals surface area contributed by atoms with Gasteiger partial charge in [-0.3, -0.25) is 9.88 Å². The third-order valence-electron chi connectivity index (χ3n) is 6.40. The van der Waals surface area contributed by atoms with Crippen molar-refractivity contribution in [2.45, 2.75) is 30.5 Å². The molecule has 4 N–H and O–H groups in total. The molecule has 0 aliphatic carbocycles. The minimum absolute atomic E-state index is 0.193. The number of nitrogens with two attached hydrogens (primary N) is 2. The van der Waals surface area contributed by atoms with Gasteiger partial charge in [-0.1, -0.05) is 6.07 Å². The van der Waals surface area contributed by atoms with Crippen molar-refractivity contribution in [3.63, 3.8) is 0 Å². The summed E-state index contributed by atoms with van der Waals surface area (Å²) in [4.78, 5) is 10.7. The third-order valence-corrected chi connectivity index (χ3v) is 7.43. The maximum absolute atomic E-state index is 13.1. The molecule has 0 unspecified atom stereocenters. The molecule has 0 atom stereocenters. The number of hydrogen-bond acceptors (Lipinski definition) is 7. The number of nitrogens with zero attached hydrogens (tertiary/aromatic N) is 6. The number of likely N-dealkylation sites (tertiary alicyclic amines) is 1. The summed E-state index contributed by atoms with van der Waals surface area (Å²) in [6.45, 7) is 0.451. The maximum atomic E-state index is 13.1. The fourth-order valence-corrected chi connectivity index (χ4v) is 5.73. The fraction of sp³-hybridized carbons (Fsp3) is 0.280. The normalized spacial score (nSPS) is 17.4. The first-order chi connectivity index (χ1) is 17.3. The van der Waals surface area contributed by atoms with Gasteiger partial charge in [0.1, 0.15) is 5.65 Å². The Morgan fingerprint density at radius 1 is 1.11 bits per heavy atom. The van der Waals surface area contributed by atoms with E-state index in [1.807, 2.05) is 53.0 Å². The summed E-state index contributed by atoms with van der Waals surface area (Å²) >= 11 is 1.93. The SMILES string of the molecule is N/C(=C\N(N)Cc1cn2cc(CN3CC(F)(F)C3)ccc2n1)c1cncc(-n2cc3c(c2)CSC3)c1. The highest BCUT2D eigenvalue weighted by molar-refractivity contribution is 7.98. The lowest BCUT2D eigenvalue weighted by Gasteiger charge is -2.38. The Kier molecular flexibility index (Phi) is 5.70. The predicted octanol–water partition coefficient (Wildman–Crippen LogP) is 3.35. The summed E-state index contributed by atoms with van der Waals surface area (Å²) in [6, 6.07) is 5.79. The lowest BCUT2D eigenvalue weighted by Crippen LogP contribution is -2.55. The standard InChI is InChI=1S/C25H26F2N8S/c26-25(27)15-32(16-25)6-17-1-2-24-31-21(10-34(24)7-17)11-35(29)12-23(28)18-3-22(5-30-4-18)33-8-19-13-36-14-20(19)9-33/h1-5,7-10,12H,6,11,13-16,28-29H2/b23-12-. The number of hydrazine groups is 1. The molecule has 11 heteroatoms. The number of thioether (sulfide) groups is 1. The first-order valence-electron chi connectivity index (χ1n) is 11.6. The number of halogens is 2. The number of aromatic nitrogens is 4. The van der Waals surface area contributed by atoms with Crippen molar-refractivity contribution in [2.24, 2.45) is 11.6 Å². The second-order valence-electron chi connectivity index (χ2n) is 9.43. The van der Waals surface area contributed by atoms with Crippen LogP contribution in [0.1, 0.15) is 27.9 Å². The molecule has 4 aromatic rings. The Hall–Kier alpha value is -3.41. The smallest absolute Gasteiger partial charge is 0.272 e. The number of imidazole rings is 1. The zero-order chi connectivity index (χ0) is 24.9. The van der Waals surface area contributed by atoms with E-state index in [-0.39, 0.29) is 13.1 Å². The van der Waals surface area contributed by atoms with Crippen LogP contribution in [-0.2, 0) is 24.6 Å². The van der Waals surface area contributed by atoms with Gasteiger partial charge in [0.05, 0.1) is 42.9 Å². The third kappa shape index (κ3) is 4.69. The number of fused-ring (bicyclic) bond motifs is 2. The van der Waals surface area contributed by atoms with Gasteiger partial charge in [0.2, 0.25) is 0 Å². The van der Waals surface area contributed by atoms with Crippen molar-refractivity contribution in [3.05, 3.63) is 89.5 Å². The zero-order valence-electron chi connectivity index (χ0n) is 19.5. The van der Waals surface area contributed by atoms with Crippen molar-refractivity contribution < 1.29 is 8.78 Å². The van der Waals surface area contributed by atoms with E-state index in [1.165, 1.54) is 16.1 Å². The second-order valence-corrected chi connectivity index (χ2v) is 10.4. The summed E-state index contributed by atoms with van der Waals surface area (Å²) in [5.41, 5.74) is 13.8. The highest BCUT2D eigenvalue weighted by Gasteiger charge is 2.43. The molecule has 2 aliphatic heterocycles. The molecule has 0 amide bonds. The van der Waals surface area contributed by atoms with Crippen molar-refractivity contribution in [3.8, 4) is 5.69 Å². The van der Waals surface area contributed by atoms with E-state index >= 15 is 0 Å². The average Bonchev–Trinajstić information content (AvgIpc) is 3.52. The highest BCUT2D eigenvalue weighted by atomic mass is 32.2. The number of rotatable bonds is 7. The molecular weight excluding hydrogens is 482 g/mol. The Morgan fingerprint density at radius 3 is 2.64 bits per heavy atom. The predicted molar refractivity (Wildman–Crippen MR) is 136 cm³/mol. The van der Waals surface area contributed by atoms with Gasteiger partial charge in [-0.2, -0.15) is 11.8 Å². The van der Waals surface area contributed by atoms with Crippen LogP contribution in [0.3, 0.4) is 0 Å². The van der Waals surface area contributed by atoms with E-state index < -0.39 is 5.92 Å². The van der Waals surface area contributed by atoms with E-state index in [9.17, 15) is 8.78 Å². The largest absolute Gasteiger partial charge is 0.397 e. The fourth-order valence-electron chi connectivity index (χ4n) is 4.67. The second kappa shape index (κ2) is 8.91. The van der Waals surface area contributed by atoms with E-state index in [0.717, 1.165) is 39.7 Å². The molecule has 6 rings (SSSR count). The van der Waals surface area contributed by atoms with Crippen LogP contribution in [0, 0.1) is 0 Å². The molecular formula is C25H26F2N8S. The van der Waals surface area contributed by atoms with Gasteiger partial charge in [-0.05, 0) is 28.8 Å². The minimum Gasteiger partial charge on any atom is -0.397 e. The van der Waals surface area contributed by atoms with E-state index in [2.05, 4.69) is 26.9 Å². The molecule has 2 aliphatic rings. The van der Waals surface area contributed by atoms with Crippen molar-refractivity contribution in [2.75, 3.05) is 13.1 Å². The molecule has 8 nitrogen and oxygen atoms in total. The molecule has 1 saturated heterocycles. The number of hydrogen-bond donors (Lipinski definition) is 2. The van der Waals surface area contributed by atoms with Gasteiger partial charge in [-0.25, -0.2) is 19.6 Å². The molecule has 1 fully saturated rings. The van der Waals surface area contributed by atoms with Crippen LogP contribution < -0.4 is 11.6 Å². The van der Waals surface area contributed by atoms with E-state index in [0.29, 0.717) is 18.8 Å². The first-order valence-corrected chi connectivity index (χ1v) is 12.8. The van der Waals surface area contributed by atoms with Crippen LogP contribution in [0.4, 0.5) is 8.78 Å². The number of alkyl halides is 2. The minimum atomic E-state index is -2.56. The van der Waals surface area contributed by atoms with Crippen LogP contribution in [0.15, 0.2) is 61.6 Å². The monoisotopic (exact) mass is 508 g/mol. The molecule has 36 heavy (non-hydrogen) atoms. The van der Waals surface area contributed by atoms with Gasteiger partial charge < -0.3 is 19.7 Å². The van der Waals surface area contributed by atoms with Crippen molar-refractivity contribution in [1.29, 1.82) is 0 Å². The van der Waals surface area contributed by atoms with Crippen LogP contribution in [0.25, 0.3) is 17.0 Å². The average molecular weight is 509 g/mol. The lowest BCUT2D eigenvalue weighted by atomic mass is 10.1. The summed E-state index contributed by atoms with van der Waals surface area (Å²) in [5, 5.41) is 1.49.